The van der Waals surface area contributed by atoms with Crippen molar-refractivity contribution in [3.8, 4) is 11.4 Å². The van der Waals surface area contributed by atoms with Crippen LogP contribution in [0.1, 0.15) is 40.2 Å². The Kier molecular flexibility index (Phi) is 6.36. The van der Waals surface area contributed by atoms with Crippen LogP contribution in [0, 0.1) is 0 Å². The Morgan fingerprint density at radius 3 is 2.12 bits per heavy atom. The topological polar surface area (TPSA) is 70.9 Å². The van der Waals surface area contributed by atoms with E-state index in [0.717, 1.165) is 36.2 Å². The van der Waals surface area contributed by atoms with Gasteiger partial charge in [-0.3, -0.25) is 9.59 Å². The average Bonchev–Trinajstić information content (AvgIpc) is 3.66. The number of hydrogen-bond donors (Lipinski definition) is 0. The minimum absolute atomic E-state index is 0.0135. The molecule has 1 saturated carbocycles. The van der Waals surface area contributed by atoms with Crippen LogP contribution in [0.2, 0.25) is 0 Å². The van der Waals surface area contributed by atoms with Gasteiger partial charge in [0.05, 0.1) is 18.2 Å². The van der Waals surface area contributed by atoms with Gasteiger partial charge in [0, 0.05) is 44.0 Å². The van der Waals surface area contributed by atoms with Gasteiger partial charge in [-0.25, -0.2) is 4.68 Å². The number of methoxy groups -OCH3 is 1. The number of benzene rings is 2. The molecule has 2 aromatic carbocycles. The molecule has 2 aliphatic heterocycles. The van der Waals surface area contributed by atoms with Gasteiger partial charge in [0.1, 0.15) is 11.4 Å². The Morgan fingerprint density at radius 2 is 1.55 bits per heavy atom. The number of amides is 2. The largest absolute Gasteiger partial charge is 0.497 e. The molecule has 0 N–H and O–H groups in total. The number of aromatic nitrogens is 2. The maximum atomic E-state index is 13.9. The molecule has 8 nitrogen and oxygen atoms in total. The predicted octanol–water partition coefficient (Wildman–Crippen LogP) is 3.91. The number of fused-ring (bicyclic) bond motifs is 1. The fraction of sp³-hybridized carbons (Fsp3) is 0.414. The van der Waals surface area contributed by atoms with Crippen LogP contribution in [0.25, 0.3) is 5.69 Å². The normalized spacial score (nSPS) is 19.0. The number of anilines is 1. The van der Waals surface area contributed by atoms with Gasteiger partial charge >= 0.3 is 6.18 Å². The zero-order chi connectivity index (χ0) is 28.2. The number of nitrogens with zero attached hydrogens (tertiary/aromatic N) is 5. The molecule has 0 radical (unpaired) electrons. The number of piperazine rings is 1. The van der Waals surface area contributed by atoms with Crippen LogP contribution >= 0.6 is 0 Å². The quantitative estimate of drug-likeness (QED) is 0.479. The Labute approximate surface area is 229 Å². The van der Waals surface area contributed by atoms with Gasteiger partial charge in [-0.1, -0.05) is 12.1 Å². The van der Waals surface area contributed by atoms with Crippen LogP contribution in [0.3, 0.4) is 0 Å². The Bertz CT molecular complexity index is 1440. The summed E-state index contributed by atoms with van der Waals surface area (Å²) < 4.78 is 47.9. The summed E-state index contributed by atoms with van der Waals surface area (Å²) in [5, 5.41) is 3.85. The summed E-state index contributed by atoms with van der Waals surface area (Å²) in [6, 6.07) is 13.7. The molecular formula is C29H30F3N5O3. The van der Waals surface area contributed by atoms with Crippen molar-refractivity contribution >= 4 is 17.5 Å². The molecule has 0 bridgehead atoms. The maximum absolute atomic E-state index is 13.9. The SMILES string of the molecule is COc1ccc(-n2nc(C(F)(F)F)c3c2C(=O)N(c2ccc(C4(C(=O)N5CCN(C)CC5)CC4)cc2)CC3)cc1. The minimum Gasteiger partial charge on any atom is -0.497 e. The molecule has 2 amide bonds. The lowest BCUT2D eigenvalue weighted by atomic mass is 9.93. The summed E-state index contributed by atoms with van der Waals surface area (Å²) in [5.41, 5.74) is 0.0390. The summed E-state index contributed by atoms with van der Waals surface area (Å²) in [5.74, 6) is 0.131. The van der Waals surface area contributed by atoms with Crippen molar-refractivity contribution in [3.05, 3.63) is 71.0 Å². The van der Waals surface area contributed by atoms with Crippen molar-refractivity contribution in [3.63, 3.8) is 0 Å². The molecule has 6 rings (SSSR count). The highest BCUT2D eigenvalue weighted by molar-refractivity contribution is 6.07. The van der Waals surface area contributed by atoms with E-state index in [1.54, 1.807) is 36.4 Å². The minimum atomic E-state index is -4.69. The van der Waals surface area contributed by atoms with Gasteiger partial charge in [-0.2, -0.15) is 18.3 Å². The molecule has 1 aliphatic carbocycles. The summed E-state index contributed by atoms with van der Waals surface area (Å²) in [6.07, 6.45) is -3.12. The fourth-order valence-corrected chi connectivity index (χ4v) is 5.77. The van der Waals surface area contributed by atoms with Crippen LogP contribution in [0.15, 0.2) is 48.5 Å². The summed E-state index contributed by atoms with van der Waals surface area (Å²) in [7, 11) is 3.54. The van der Waals surface area contributed by atoms with Crippen molar-refractivity contribution in [1.82, 2.24) is 19.6 Å². The molecule has 2 fully saturated rings. The number of likely N-dealkylation sites (N-methyl/N-ethyl adjacent to an activating group) is 1. The zero-order valence-electron chi connectivity index (χ0n) is 22.4. The Morgan fingerprint density at radius 1 is 0.925 bits per heavy atom. The molecule has 0 atom stereocenters. The summed E-state index contributed by atoms with van der Waals surface area (Å²) in [6.45, 7) is 3.21. The van der Waals surface area contributed by atoms with E-state index in [1.165, 1.54) is 12.0 Å². The second-order valence-corrected chi connectivity index (χ2v) is 10.7. The smallest absolute Gasteiger partial charge is 0.435 e. The molecule has 3 aliphatic rings. The van der Waals surface area contributed by atoms with Crippen molar-refractivity contribution in [2.45, 2.75) is 30.9 Å². The third kappa shape index (κ3) is 4.42. The lowest BCUT2D eigenvalue weighted by molar-refractivity contribution is -0.142. The van der Waals surface area contributed by atoms with Gasteiger partial charge in [0.2, 0.25) is 5.91 Å². The van der Waals surface area contributed by atoms with Crippen LogP contribution < -0.4 is 9.64 Å². The highest BCUT2D eigenvalue weighted by atomic mass is 19.4. The first-order valence-electron chi connectivity index (χ1n) is 13.4. The molecule has 0 spiro atoms. The average molecular weight is 554 g/mol. The van der Waals surface area contributed by atoms with Gasteiger partial charge in [0.15, 0.2) is 5.69 Å². The van der Waals surface area contributed by atoms with Gasteiger partial charge in [-0.05, 0) is 68.3 Å². The van der Waals surface area contributed by atoms with Crippen LogP contribution in [-0.2, 0) is 22.8 Å². The van der Waals surface area contributed by atoms with E-state index in [9.17, 15) is 22.8 Å². The fourth-order valence-electron chi connectivity index (χ4n) is 5.77. The maximum Gasteiger partial charge on any atom is 0.435 e. The second-order valence-electron chi connectivity index (χ2n) is 10.7. The number of hydrogen-bond acceptors (Lipinski definition) is 5. The lowest BCUT2D eigenvalue weighted by Crippen LogP contribution is -2.50. The van der Waals surface area contributed by atoms with E-state index < -0.39 is 23.2 Å². The Balaban J connectivity index is 1.29. The van der Waals surface area contributed by atoms with Gasteiger partial charge in [-0.15, -0.1) is 0 Å². The van der Waals surface area contributed by atoms with Crippen molar-refractivity contribution < 1.29 is 27.5 Å². The molecule has 0 unspecified atom stereocenters. The molecule has 1 aromatic heterocycles. The monoisotopic (exact) mass is 553 g/mol. The first-order valence-corrected chi connectivity index (χ1v) is 13.4. The molecule has 11 heteroatoms. The van der Waals surface area contributed by atoms with E-state index in [-0.39, 0.29) is 30.1 Å². The second kappa shape index (κ2) is 9.65. The number of halogens is 3. The van der Waals surface area contributed by atoms with Crippen LogP contribution in [0.4, 0.5) is 18.9 Å². The van der Waals surface area contributed by atoms with Crippen molar-refractivity contribution in [2.75, 3.05) is 51.8 Å². The zero-order valence-corrected chi connectivity index (χ0v) is 22.4. The summed E-state index contributed by atoms with van der Waals surface area (Å²) in [4.78, 5) is 32.7. The number of ether oxygens (including phenoxy) is 1. The number of carbonyl (C=O) groups excluding carboxylic acids is 2. The summed E-state index contributed by atoms with van der Waals surface area (Å²) >= 11 is 0. The lowest BCUT2D eigenvalue weighted by Gasteiger charge is -2.35. The third-order valence-electron chi connectivity index (χ3n) is 8.28. The highest BCUT2D eigenvalue weighted by Gasteiger charge is 2.53. The van der Waals surface area contributed by atoms with E-state index in [4.69, 9.17) is 4.74 Å². The molecule has 3 aromatic rings. The van der Waals surface area contributed by atoms with E-state index in [0.29, 0.717) is 30.2 Å². The van der Waals surface area contributed by atoms with E-state index in [2.05, 4.69) is 10.00 Å². The number of alkyl halides is 3. The Hall–Kier alpha value is -3.86. The first-order chi connectivity index (χ1) is 19.1. The standard InChI is InChI=1S/C29H30F3N5O3/c1-34-15-17-35(18-16-34)27(39)28(12-13-28)19-3-5-20(6-4-19)36-14-11-23-24(26(36)38)37(33-25(23)29(30,31)32)21-7-9-22(40-2)10-8-21/h3-10H,11-18H2,1-2H3. The van der Waals surface area contributed by atoms with Gasteiger partial charge < -0.3 is 19.4 Å². The van der Waals surface area contributed by atoms with Crippen molar-refractivity contribution in [2.24, 2.45) is 0 Å². The molecular weight excluding hydrogens is 523 g/mol. The van der Waals surface area contributed by atoms with Crippen LogP contribution in [-0.4, -0.2) is 78.3 Å². The van der Waals surface area contributed by atoms with Crippen molar-refractivity contribution in [1.29, 1.82) is 0 Å². The molecule has 210 valence electrons. The predicted molar refractivity (Wildman–Crippen MR) is 142 cm³/mol. The number of carbonyl (C=O) groups is 2. The van der Waals surface area contributed by atoms with E-state index >= 15 is 0 Å². The van der Waals surface area contributed by atoms with Gasteiger partial charge in [0.25, 0.3) is 5.91 Å². The van der Waals surface area contributed by atoms with E-state index in [1.807, 2.05) is 24.1 Å². The highest BCUT2D eigenvalue weighted by Crippen LogP contribution is 2.50. The van der Waals surface area contributed by atoms with Crippen LogP contribution in [0.5, 0.6) is 5.75 Å². The first kappa shape index (κ1) is 26.4. The number of rotatable bonds is 5. The molecule has 40 heavy (non-hydrogen) atoms. The molecule has 3 heterocycles. The molecule has 1 saturated heterocycles. The third-order valence-corrected chi connectivity index (χ3v) is 8.28.